The molecule has 0 amide bonds. The molecule has 5 nitrogen and oxygen atoms in total. The van der Waals surface area contributed by atoms with Crippen molar-refractivity contribution in [2.45, 2.75) is 12.5 Å². The van der Waals surface area contributed by atoms with Gasteiger partial charge in [0.1, 0.15) is 5.54 Å². The summed E-state index contributed by atoms with van der Waals surface area (Å²) in [6.07, 6.45) is 0. The highest BCUT2D eigenvalue weighted by molar-refractivity contribution is 6.02. The Bertz CT molecular complexity index is 1970. The van der Waals surface area contributed by atoms with Gasteiger partial charge in [-0.05, 0) is 56.9 Å². The lowest BCUT2D eigenvalue weighted by atomic mass is 9.77. The van der Waals surface area contributed by atoms with Crippen LogP contribution in [-0.4, -0.2) is 20.2 Å². The van der Waals surface area contributed by atoms with Crippen molar-refractivity contribution in [1.29, 1.82) is 0 Å². The molecule has 7 rings (SSSR count). The molecule has 1 aromatic heterocycles. The van der Waals surface area contributed by atoms with E-state index in [1.807, 2.05) is 115 Å². The Morgan fingerprint density at radius 3 is 1.76 bits per heavy atom. The predicted molar refractivity (Wildman–Crippen MR) is 164 cm³/mol. The van der Waals surface area contributed by atoms with Gasteiger partial charge in [0.15, 0.2) is 11.3 Å². The minimum atomic E-state index is -0.899. The molecule has 0 N–H and O–H groups in total. The lowest BCUT2D eigenvalue weighted by Gasteiger charge is -2.36. The summed E-state index contributed by atoms with van der Waals surface area (Å²) in [5.41, 5.74) is 3.94. The molecule has 0 bridgehead atoms. The smallest absolute Gasteiger partial charge is 0.194 e. The van der Waals surface area contributed by atoms with Crippen molar-refractivity contribution in [2.24, 2.45) is 0 Å². The molecular formula is C36H26N4O. The first-order chi connectivity index (χ1) is 20.2. The second-order valence-electron chi connectivity index (χ2n) is 10.2. The quantitative estimate of drug-likeness (QED) is 0.222. The van der Waals surface area contributed by atoms with Crippen LogP contribution in [0.15, 0.2) is 144 Å². The van der Waals surface area contributed by atoms with Crippen molar-refractivity contribution in [1.82, 2.24) is 20.2 Å². The Morgan fingerprint density at radius 2 is 1.15 bits per heavy atom. The zero-order valence-electron chi connectivity index (χ0n) is 22.5. The molecule has 1 heterocycles. The van der Waals surface area contributed by atoms with Crippen LogP contribution in [0.3, 0.4) is 0 Å². The van der Waals surface area contributed by atoms with Crippen LogP contribution in [0.4, 0.5) is 0 Å². The second-order valence-corrected chi connectivity index (χ2v) is 10.2. The number of hydrogen-bond acceptors (Lipinski definition) is 4. The lowest BCUT2D eigenvalue weighted by molar-refractivity contribution is 0.451. The molecule has 0 fully saturated rings. The Kier molecular flexibility index (Phi) is 5.98. The number of aryl methyl sites for hydroxylation is 1. The van der Waals surface area contributed by atoms with Gasteiger partial charge in [0.25, 0.3) is 0 Å². The van der Waals surface area contributed by atoms with E-state index in [4.69, 9.17) is 5.21 Å². The fourth-order valence-corrected chi connectivity index (χ4v) is 5.96. The van der Waals surface area contributed by atoms with Gasteiger partial charge in [-0.1, -0.05) is 133 Å². The Balaban J connectivity index is 1.66. The predicted octanol–water partition coefficient (Wildman–Crippen LogP) is 7.16. The molecule has 0 saturated heterocycles. The standard InChI is InChI=1S/C36H26N4O/c1-25-21-22-31-32(23-25)34(41)30-20-12-11-13-26(30)24-33(31)35-37-38-39-40(35)36(27-14-5-2-6-15-27,28-16-7-3-8-17-28)29-18-9-4-10-19-29/h2-24H,1H3. The van der Waals surface area contributed by atoms with Crippen LogP contribution < -0.4 is 5.43 Å². The molecular weight excluding hydrogens is 504 g/mol. The number of hydrogen-bond donors (Lipinski definition) is 0. The first-order valence-electron chi connectivity index (χ1n) is 13.6. The van der Waals surface area contributed by atoms with Crippen LogP contribution in [0.5, 0.6) is 0 Å². The highest BCUT2D eigenvalue weighted by Gasteiger charge is 2.42. The van der Waals surface area contributed by atoms with E-state index in [9.17, 15) is 4.79 Å². The molecule has 6 aromatic carbocycles. The van der Waals surface area contributed by atoms with E-state index in [0.717, 1.165) is 38.6 Å². The molecule has 0 atom stereocenters. The highest BCUT2D eigenvalue weighted by atomic mass is 16.1. The van der Waals surface area contributed by atoms with E-state index in [0.29, 0.717) is 16.6 Å². The number of aromatic nitrogens is 4. The maximum atomic E-state index is 13.8. The molecule has 0 aliphatic heterocycles. The molecule has 41 heavy (non-hydrogen) atoms. The van der Waals surface area contributed by atoms with E-state index in [1.165, 1.54) is 0 Å². The van der Waals surface area contributed by atoms with E-state index in [2.05, 4.69) is 46.7 Å². The molecule has 0 aliphatic rings. The Morgan fingerprint density at radius 1 is 0.585 bits per heavy atom. The lowest BCUT2D eigenvalue weighted by Crippen LogP contribution is -2.39. The minimum absolute atomic E-state index is 0.00924. The Hall–Kier alpha value is -5.42. The van der Waals surface area contributed by atoms with Gasteiger partial charge in [0.05, 0.1) is 0 Å². The summed E-state index contributed by atoms with van der Waals surface area (Å²) < 4.78 is 1.92. The van der Waals surface area contributed by atoms with Gasteiger partial charge < -0.3 is 0 Å². The SMILES string of the molecule is Cc1ccc2c(-c3nnnn3C(c3ccccc3)(c3ccccc3)c3ccccc3)cc3ccccc3c(=O)c2c1. The summed E-state index contributed by atoms with van der Waals surface area (Å²) in [4.78, 5) is 13.8. The summed E-state index contributed by atoms with van der Waals surface area (Å²) in [5, 5.41) is 16.6. The molecule has 5 heteroatoms. The van der Waals surface area contributed by atoms with Crippen LogP contribution in [0.25, 0.3) is 32.9 Å². The summed E-state index contributed by atoms with van der Waals surface area (Å²) in [6.45, 7) is 2.00. The van der Waals surface area contributed by atoms with E-state index in [1.54, 1.807) is 0 Å². The first-order valence-corrected chi connectivity index (χ1v) is 13.6. The second kappa shape index (κ2) is 9.96. The van der Waals surface area contributed by atoms with Crippen molar-refractivity contribution in [3.8, 4) is 11.4 Å². The summed E-state index contributed by atoms with van der Waals surface area (Å²) in [7, 11) is 0. The fourth-order valence-electron chi connectivity index (χ4n) is 5.96. The van der Waals surface area contributed by atoms with Crippen LogP contribution in [0.2, 0.25) is 0 Å². The normalized spacial score (nSPS) is 11.6. The van der Waals surface area contributed by atoms with Crippen molar-refractivity contribution >= 4 is 21.5 Å². The van der Waals surface area contributed by atoms with Gasteiger partial charge >= 0.3 is 0 Å². The average molecular weight is 531 g/mol. The number of tetrazole rings is 1. The molecule has 0 aliphatic carbocycles. The van der Waals surface area contributed by atoms with E-state index < -0.39 is 5.54 Å². The van der Waals surface area contributed by atoms with Crippen molar-refractivity contribution in [3.63, 3.8) is 0 Å². The van der Waals surface area contributed by atoms with E-state index in [-0.39, 0.29) is 5.43 Å². The third-order valence-electron chi connectivity index (χ3n) is 7.82. The van der Waals surface area contributed by atoms with Crippen LogP contribution >= 0.6 is 0 Å². The molecule has 0 radical (unpaired) electrons. The van der Waals surface area contributed by atoms with Gasteiger partial charge in [0, 0.05) is 16.3 Å². The number of rotatable bonds is 5. The number of benzene rings is 5. The van der Waals surface area contributed by atoms with Crippen molar-refractivity contribution in [3.05, 3.63) is 172 Å². The van der Waals surface area contributed by atoms with Crippen LogP contribution in [0, 0.1) is 6.92 Å². The largest absolute Gasteiger partial charge is 0.289 e. The van der Waals surface area contributed by atoms with Crippen molar-refractivity contribution in [2.75, 3.05) is 0 Å². The molecule has 0 unspecified atom stereocenters. The van der Waals surface area contributed by atoms with Crippen LogP contribution in [0.1, 0.15) is 22.3 Å². The molecule has 0 saturated carbocycles. The zero-order chi connectivity index (χ0) is 27.8. The molecule has 7 aromatic rings. The summed E-state index contributed by atoms with van der Waals surface area (Å²) >= 11 is 0. The third kappa shape index (κ3) is 3.94. The highest BCUT2D eigenvalue weighted by Crippen LogP contribution is 2.43. The zero-order valence-corrected chi connectivity index (χ0v) is 22.5. The topological polar surface area (TPSA) is 60.7 Å². The maximum Gasteiger partial charge on any atom is 0.194 e. The van der Waals surface area contributed by atoms with Gasteiger partial charge in [-0.2, -0.15) is 0 Å². The van der Waals surface area contributed by atoms with E-state index >= 15 is 0 Å². The average Bonchev–Trinajstić information content (AvgIpc) is 3.47. The third-order valence-corrected chi connectivity index (χ3v) is 7.82. The van der Waals surface area contributed by atoms with Gasteiger partial charge in [-0.15, -0.1) is 5.10 Å². The molecule has 196 valence electrons. The minimum Gasteiger partial charge on any atom is -0.289 e. The van der Waals surface area contributed by atoms with Crippen molar-refractivity contribution < 1.29 is 0 Å². The first kappa shape index (κ1) is 24.6. The van der Waals surface area contributed by atoms with Gasteiger partial charge in [0.2, 0.25) is 0 Å². The fraction of sp³-hybridized carbons (Fsp3) is 0.0556. The maximum absolute atomic E-state index is 13.8. The number of fused-ring (bicyclic) bond motifs is 2. The monoisotopic (exact) mass is 530 g/mol. The van der Waals surface area contributed by atoms with Gasteiger partial charge in [-0.3, -0.25) is 4.79 Å². The Labute approximate surface area is 237 Å². The summed E-state index contributed by atoms with van der Waals surface area (Å²) in [5.74, 6) is 0.566. The van der Waals surface area contributed by atoms with Gasteiger partial charge in [-0.25, -0.2) is 4.68 Å². The van der Waals surface area contributed by atoms with Crippen LogP contribution in [-0.2, 0) is 5.54 Å². The molecule has 0 spiro atoms. The number of nitrogens with zero attached hydrogens (tertiary/aromatic N) is 4. The summed E-state index contributed by atoms with van der Waals surface area (Å²) in [6, 6.07) is 46.7.